The molecule has 0 aliphatic heterocycles. The number of primary amides is 1. The lowest BCUT2D eigenvalue weighted by Crippen LogP contribution is -2.30. The van der Waals surface area contributed by atoms with Crippen LogP contribution in [0, 0.1) is 12.8 Å². The molecule has 0 fully saturated rings. The first-order valence-electron chi connectivity index (χ1n) is 6.37. The van der Waals surface area contributed by atoms with Crippen LogP contribution in [0.3, 0.4) is 0 Å². The SMILES string of the molecule is CCNCC(C)C(=O)Nc1ccc(C(N)=O)cc1C. The summed E-state index contributed by atoms with van der Waals surface area (Å²) in [6.45, 7) is 7.17. The average Bonchev–Trinajstić information content (AvgIpc) is 2.37. The van der Waals surface area contributed by atoms with E-state index in [0.717, 1.165) is 12.1 Å². The predicted molar refractivity (Wildman–Crippen MR) is 76.0 cm³/mol. The fraction of sp³-hybridized carbons (Fsp3) is 0.429. The molecule has 0 radical (unpaired) electrons. The van der Waals surface area contributed by atoms with Crippen LogP contribution in [-0.2, 0) is 4.79 Å². The number of nitrogens with two attached hydrogens (primary N) is 1. The van der Waals surface area contributed by atoms with Crippen molar-refractivity contribution in [1.82, 2.24) is 5.32 Å². The highest BCUT2D eigenvalue weighted by Crippen LogP contribution is 2.17. The zero-order chi connectivity index (χ0) is 14.4. The Hall–Kier alpha value is -1.88. The number of carbonyl (C=O) groups excluding carboxylic acids is 2. The van der Waals surface area contributed by atoms with E-state index in [1.807, 2.05) is 20.8 Å². The molecule has 1 aromatic carbocycles. The molecule has 1 atom stereocenters. The van der Waals surface area contributed by atoms with Crippen LogP contribution in [0.25, 0.3) is 0 Å². The van der Waals surface area contributed by atoms with Crippen LogP contribution in [0.15, 0.2) is 18.2 Å². The quantitative estimate of drug-likeness (QED) is 0.722. The molecule has 104 valence electrons. The molecule has 0 spiro atoms. The molecular formula is C14H21N3O2. The second-order valence-corrected chi connectivity index (χ2v) is 4.59. The van der Waals surface area contributed by atoms with Gasteiger partial charge in [-0.25, -0.2) is 0 Å². The van der Waals surface area contributed by atoms with Crippen LogP contribution >= 0.6 is 0 Å². The van der Waals surface area contributed by atoms with Gasteiger partial charge in [0.1, 0.15) is 0 Å². The van der Waals surface area contributed by atoms with E-state index in [-0.39, 0.29) is 11.8 Å². The number of rotatable bonds is 6. The lowest BCUT2D eigenvalue weighted by molar-refractivity contribution is -0.119. The molecule has 5 heteroatoms. The van der Waals surface area contributed by atoms with Crippen molar-refractivity contribution in [2.24, 2.45) is 11.7 Å². The molecule has 0 saturated heterocycles. The van der Waals surface area contributed by atoms with E-state index in [0.29, 0.717) is 17.8 Å². The first-order chi connectivity index (χ1) is 8.95. The summed E-state index contributed by atoms with van der Waals surface area (Å²) >= 11 is 0. The Bertz CT molecular complexity index is 472. The maximum Gasteiger partial charge on any atom is 0.248 e. The van der Waals surface area contributed by atoms with E-state index in [4.69, 9.17) is 5.73 Å². The summed E-state index contributed by atoms with van der Waals surface area (Å²) in [5.41, 5.74) is 7.17. The summed E-state index contributed by atoms with van der Waals surface area (Å²) in [5.74, 6) is -0.632. The van der Waals surface area contributed by atoms with Gasteiger partial charge in [-0.3, -0.25) is 9.59 Å². The number of anilines is 1. The molecule has 0 aliphatic rings. The van der Waals surface area contributed by atoms with Crippen molar-refractivity contribution in [2.45, 2.75) is 20.8 Å². The Balaban J connectivity index is 2.72. The molecule has 5 nitrogen and oxygen atoms in total. The van der Waals surface area contributed by atoms with Crippen molar-refractivity contribution < 1.29 is 9.59 Å². The van der Waals surface area contributed by atoms with Crippen LogP contribution in [0.1, 0.15) is 29.8 Å². The van der Waals surface area contributed by atoms with Crippen molar-refractivity contribution >= 4 is 17.5 Å². The Labute approximate surface area is 113 Å². The van der Waals surface area contributed by atoms with Crippen molar-refractivity contribution in [3.8, 4) is 0 Å². The summed E-state index contributed by atoms with van der Waals surface area (Å²) in [6.07, 6.45) is 0. The highest BCUT2D eigenvalue weighted by molar-refractivity contribution is 5.96. The van der Waals surface area contributed by atoms with Gasteiger partial charge in [0.25, 0.3) is 0 Å². The van der Waals surface area contributed by atoms with Gasteiger partial charge in [-0.05, 0) is 37.2 Å². The number of aryl methyl sites for hydroxylation is 1. The van der Waals surface area contributed by atoms with E-state index in [2.05, 4.69) is 10.6 Å². The molecule has 0 bridgehead atoms. The zero-order valence-corrected chi connectivity index (χ0v) is 11.6. The second-order valence-electron chi connectivity index (χ2n) is 4.59. The van der Waals surface area contributed by atoms with E-state index < -0.39 is 5.91 Å². The second kappa shape index (κ2) is 6.89. The van der Waals surface area contributed by atoms with Gasteiger partial charge in [0.2, 0.25) is 11.8 Å². The number of nitrogens with one attached hydrogen (secondary N) is 2. The van der Waals surface area contributed by atoms with Crippen molar-refractivity contribution in [1.29, 1.82) is 0 Å². The minimum atomic E-state index is -0.471. The molecule has 1 rings (SSSR count). The normalized spacial score (nSPS) is 11.9. The van der Waals surface area contributed by atoms with E-state index in [1.54, 1.807) is 18.2 Å². The first kappa shape index (κ1) is 15.2. The van der Waals surface area contributed by atoms with Crippen LogP contribution in [0.5, 0.6) is 0 Å². The minimum Gasteiger partial charge on any atom is -0.366 e. The summed E-state index contributed by atoms with van der Waals surface area (Å²) in [4.78, 5) is 23.0. The van der Waals surface area contributed by atoms with Crippen LogP contribution in [-0.4, -0.2) is 24.9 Å². The van der Waals surface area contributed by atoms with Gasteiger partial charge >= 0.3 is 0 Å². The zero-order valence-electron chi connectivity index (χ0n) is 11.6. The average molecular weight is 263 g/mol. The molecule has 1 unspecified atom stereocenters. The number of benzene rings is 1. The predicted octanol–water partition coefficient (Wildman–Crippen LogP) is 1.28. The molecule has 0 saturated carbocycles. The summed E-state index contributed by atoms with van der Waals surface area (Å²) in [6, 6.07) is 4.99. The number of hydrogen-bond donors (Lipinski definition) is 3. The lowest BCUT2D eigenvalue weighted by atomic mass is 10.1. The Morgan fingerprint density at radius 1 is 1.37 bits per heavy atom. The van der Waals surface area contributed by atoms with Crippen LogP contribution in [0.2, 0.25) is 0 Å². The maximum atomic E-state index is 11.9. The number of carbonyl (C=O) groups is 2. The third-order valence-corrected chi connectivity index (χ3v) is 2.92. The molecule has 0 aromatic heterocycles. The fourth-order valence-electron chi connectivity index (χ4n) is 1.67. The summed E-state index contributed by atoms with van der Waals surface area (Å²) in [7, 11) is 0. The monoisotopic (exact) mass is 263 g/mol. The lowest BCUT2D eigenvalue weighted by Gasteiger charge is -2.14. The first-order valence-corrected chi connectivity index (χ1v) is 6.37. The van der Waals surface area contributed by atoms with E-state index >= 15 is 0 Å². The summed E-state index contributed by atoms with van der Waals surface area (Å²) < 4.78 is 0. The van der Waals surface area contributed by atoms with Crippen molar-refractivity contribution in [3.05, 3.63) is 29.3 Å². The standard InChI is InChI=1S/C14H21N3O2/c1-4-16-8-10(3)14(19)17-12-6-5-11(13(15)18)7-9(12)2/h5-7,10,16H,4,8H2,1-3H3,(H2,15,18)(H,17,19). The van der Waals surface area contributed by atoms with Gasteiger partial charge in [0.15, 0.2) is 0 Å². The maximum absolute atomic E-state index is 11.9. The Morgan fingerprint density at radius 3 is 2.58 bits per heavy atom. The summed E-state index contributed by atoms with van der Waals surface area (Å²) in [5, 5.41) is 5.99. The highest BCUT2D eigenvalue weighted by Gasteiger charge is 2.13. The van der Waals surface area contributed by atoms with Crippen molar-refractivity contribution in [2.75, 3.05) is 18.4 Å². The van der Waals surface area contributed by atoms with Gasteiger partial charge in [-0.1, -0.05) is 13.8 Å². The molecule has 0 aliphatic carbocycles. The van der Waals surface area contributed by atoms with Crippen LogP contribution in [0.4, 0.5) is 5.69 Å². The van der Waals surface area contributed by atoms with Gasteiger partial charge in [-0.2, -0.15) is 0 Å². The fourth-order valence-corrected chi connectivity index (χ4v) is 1.67. The van der Waals surface area contributed by atoms with E-state index in [1.165, 1.54) is 0 Å². The minimum absolute atomic E-state index is 0.0455. The molecule has 4 N–H and O–H groups in total. The Morgan fingerprint density at radius 2 is 2.05 bits per heavy atom. The molecule has 0 heterocycles. The topological polar surface area (TPSA) is 84.2 Å². The van der Waals surface area contributed by atoms with E-state index in [9.17, 15) is 9.59 Å². The number of amides is 2. The largest absolute Gasteiger partial charge is 0.366 e. The molecular weight excluding hydrogens is 242 g/mol. The Kier molecular flexibility index (Phi) is 5.51. The molecule has 1 aromatic rings. The third-order valence-electron chi connectivity index (χ3n) is 2.92. The highest BCUT2D eigenvalue weighted by atomic mass is 16.2. The third kappa shape index (κ3) is 4.37. The molecule has 19 heavy (non-hydrogen) atoms. The van der Waals surface area contributed by atoms with Crippen LogP contribution < -0.4 is 16.4 Å². The van der Waals surface area contributed by atoms with Crippen molar-refractivity contribution in [3.63, 3.8) is 0 Å². The number of hydrogen-bond acceptors (Lipinski definition) is 3. The van der Waals surface area contributed by atoms with Gasteiger partial charge in [-0.15, -0.1) is 0 Å². The van der Waals surface area contributed by atoms with Gasteiger partial charge in [0.05, 0.1) is 0 Å². The smallest absolute Gasteiger partial charge is 0.248 e. The molecule has 2 amide bonds. The van der Waals surface area contributed by atoms with Gasteiger partial charge < -0.3 is 16.4 Å². The van der Waals surface area contributed by atoms with Gasteiger partial charge in [0, 0.05) is 23.7 Å².